The molecule has 0 aliphatic rings. The first-order valence-electron chi connectivity index (χ1n) is 9.23. The maximum atomic E-state index is 12.9. The molecule has 0 atom stereocenters. The van der Waals surface area contributed by atoms with Gasteiger partial charge >= 0.3 is 18.1 Å². The van der Waals surface area contributed by atoms with Gasteiger partial charge in [-0.25, -0.2) is 9.78 Å². The number of hydrogen-bond acceptors (Lipinski definition) is 6. The number of anilines is 1. The molecule has 166 valence electrons. The van der Waals surface area contributed by atoms with Crippen molar-refractivity contribution in [2.75, 3.05) is 18.6 Å². The Morgan fingerprint density at radius 2 is 1.77 bits per heavy atom. The Bertz CT molecular complexity index is 958. The second kappa shape index (κ2) is 10.1. The molecule has 0 saturated heterocycles. The van der Waals surface area contributed by atoms with Crippen LogP contribution in [0.3, 0.4) is 0 Å². The molecule has 0 N–H and O–H groups in total. The molecular weight excluding hydrogens is 417 g/mol. The van der Waals surface area contributed by atoms with Gasteiger partial charge in [0.15, 0.2) is 0 Å². The summed E-state index contributed by atoms with van der Waals surface area (Å²) in [6.07, 6.45) is -3.72. The fourth-order valence-corrected chi connectivity index (χ4v) is 2.73. The smallest absolute Gasteiger partial charge is 0.416 e. The zero-order chi connectivity index (χ0) is 23.2. The van der Waals surface area contributed by atoms with Crippen molar-refractivity contribution in [3.05, 3.63) is 58.8 Å². The lowest BCUT2D eigenvalue weighted by atomic mass is 10.1. The Labute approximate surface area is 176 Å². The molecule has 10 heteroatoms. The predicted molar refractivity (Wildman–Crippen MR) is 104 cm³/mol. The van der Waals surface area contributed by atoms with Gasteiger partial charge in [0.2, 0.25) is 5.91 Å². The summed E-state index contributed by atoms with van der Waals surface area (Å²) >= 11 is 0. The lowest BCUT2D eigenvalue weighted by Crippen LogP contribution is -2.34. The second-order valence-corrected chi connectivity index (χ2v) is 6.53. The summed E-state index contributed by atoms with van der Waals surface area (Å²) in [7, 11) is 1.16. The van der Waals surface area contributed by atoms with Crippen LogP contribution >= 0.6 is 0 Å². The Morgan fingerprint density at radius 1 is 1.13 bits per heavy atom. The van der Waals surface area contributed by atoms with Gasteiger partial charge in [0, 0.05) is 6.20 Å². The van der Waals surface area contributed by atoms with Gasteiger partial charge in [0.1, 0.15) is 17.8 Å². The summed E-state index contributed by atoms with van der Waals surface area (Å²) in [6.45, 7) is 3.11. The highest BCUT2D eigenvalue weighted by atomic mass is 19.4. The van der Waals surface area contributed by atoms with Gasteiger partial charge in [-0.2, -0.15) is 13.2 Å². The van der Waals surface area contributed by atoms with E-state index in [1.165, 1.54) is 24.4 Å². The quantitative estimate of drug-likeness (QED) is 0.484. The van der Waals surface area contributed by atoms with Crippen LogP contribution in [0.5, 0.6) is 0 Å². The first-order valence-corrected chi connectivity index (χ1v) is 9.23. The van der Waals surface area contributed by atoms with E-state index < -0.39 is 36.0 Å². The van der Waals surface area contributed by atoms with Gasteiger partial charge in [0.25, 0.3) is 0 Å². The summed E-state index contributed by atoms with van der Waals surface area (Å²) in [6, 6.07) is 5.64. The molecule has 0 aliphatic carbocycles. The lowest BCUT2D eigenvalue weighted by Gasteiger charge is -2.24. The number of amides is 1. The van der Waals surface area contributed by atoms with Crippen molar-refractivity contribution in [1.29, 1.82) is 0 Å². The number of carbonyl (C=O) groups is 3. The average Bonchev–Trinajstić information content (AvgIpc) is 2.71. The summed E-state index contributed by atoms with van der Waals surface area (Å²) in [4.78, 5) is 42.1. The monoisotopic (exact) mass is 438 g/mol. The van der Waals surface area contributed by atoms with Crippen LogP contribution in [-0.2, 0) is 31.8 Å². The van der Waals surface area contributed by atoms with Crippen molar-refractivity contribution in [3.63, 3.8) is 0 Å². The summed E-state index contributed by atoms with van der Waals surface area (Å²) < 4.78 is 48.0. The van der Waals surface area contributed by atoms with Crippen LogP contribution in [-0.4, -0.2) is 36.5 Å². The molecule has 2 aromatic rings. The van der Waals surface area contributed by atoms with E-state index in [9.17, 15) is 27.6 Å². The molecule has 1 aromatic heterocycles. The third kappa shape index (κ3) is 6.27. The van der Waals surface area contributed by atoms with Crippen LogP contribution in [0.1, 0.15) is 40.4 Å². The van der Waals surface area contributed by atoms with E-state index in [1.807, 2.05) is 0 Å². The highest BCUT2D eigenvalue weighted by Gasteiger charge is 2.30. The third-order valence-electron chi connectivity index (χ3n) is 4.19. The van der Waals surface area contributed by atoms with E-state index >= 15 is 0 Å². The van der Waals surface area contributed by atoms with Gasteiger partial charge in [-0.05, 0) is 43.2 Å². The summed E-state index contributed by atoms with van der Waals surface area (Å²) in [5, 5.41) is 0. The van der Waals surface area contributed by atoms with Crippen molar-refractivity contribution in [2.45, 2.75) is 33.0 Å². The third-order valence-corrected chi connectivity index (χ3v) is 4.19. The van der Waals surface area contributed by atoms with Crippen LogP contribution in [0.4, 0.5) is 19.0 Å². The van der Waals surface area contributed by atoms with Crippen molar-refractivity contribution in [2.24, 2.45) is 0 Å². The molecule has 0 bridgehead atoms. The molecule has 7 nitrogen and oxygen atoms in total. The number of carbonyl (C=O) groups excluding carboxylic acids is 3. The molecule has 0 aliphatic heterocycles. The number of nitrogens with zero attached hydrogens (tertiary/aromatic N) is 2. The normalized spacial score (nSPS) is 11.0. The van der Waals surface area contributed by atoms with E-state index in [0.29, 0.717) is 11.1 Å². The Balaban J connectivity index is 2.46. The molecular formula is C21H21F3N2O5. The molecule has 0 unspecified atom stereocenters. The van der Waals surface area contributed by atoms with Crippen molar-refractivity contribution < 1.29 is 37.0 Å². The molecule has 0 radical (unpaired) electrons. The van der Waals surface area contributed by atoms with Gasteiger partial charge in [-0.3, -0.25) is 14.5 Å². The van der Waals surface area contributed by atoms with Crippen LogP contribution in [0, 0.1) is 6.92 Å². The summed E-state index contributed by atoms with van der Waals surface area (Å²) in [5.74, 6) is -2.35. The van der Waals surface area contributed by atoms with Crippen LogP contribution in [0.15, 0.2) is 36.5 Å². The van der Waals surface area contributed by atoms with E-state index in [4.69, 9.17) is 9.47 Å². The van der Waals surface area contributed by atoms with Gasteiger partial charge < -0.3 is 9.47 Å². The van der Waals surface area contributed by atoms with E-state index in [-0.39, 0.29) is 24.5 Å². The van der Waals surface area contributed by atoms with E-state index in [0.717, 1.165) is 24.1 Å². The molecule has 2 rings (SSSR count). The van der Waals surface area contributed by atoms with Crippen LogP contribution in [0.2, 0.25) is 0 Å². The highest BCUT2D eigenvalue weighted by Crippen LogP contribution is 2.30. The molecule has 1 aromatic carbocycles. The number of methoxy groups -OCH3 is 1. The highest BCUT2D eigenvalue weighted by molar-refractivity contribution is 6.06. The topological polar surface area (TPSA) is 85.8 Å². The maximum absolute atomic E-state index is 12.9. The minimum Gasteiger partial charge on any atom is -0.466 e. The van der Waals surface area contributed by atoms with Crippen LogP contribution < -0.4 is 4.90 Å². The van der Waals surface area contributed by atoms with E-state index in [2.05, 4.69) is 4.98 Å². The Kier molecular flexibility index (Phi) is 7.73. The van der Waals surface area contributed by atoms with Crippen molar-refractivity contribution in [1.82, 2.24) is 4.98 Å². The zero-order valence-electron chi connectivity index (χ0n) is 17.2. The van der Waals surface area contributed by atoms with Crippen molar-refractivity contribution >= 4 is 23.7 Å². The van der Waals surface area contributed by atoms with Crippen molar-refractivity contribution in [3.8, 4) is 0 Å². The molecule has 0 saturated carbocycles. The van der Waals surface area contributed by atoms with Gasteiger partial charge in [-0.15, -0.1) is 0 Å². The fourth-order valence-electron chi connectivity index (χ4n) is 2.73. The molecule has 1 heterocycles. The van der Waals surface area contributed by atoms with E-state index in [1.54, 1.807) is 13.8 Å². The fraction of sp³-hybridized carbons (Fsp3) is 0.333. The molecule has 1 amide bonds. The molecule has 0 fully saturated rings. The number of pyridine rings is 1. The summed E-state index contributed by atoms with van der Waals surface area (Å²) in [5.41, 5.74) is 0.0934. The zero-order valence-corrected chi connectivity index (χ0v) is 17.2. The SMILES string of the molecule is CCOC(=O)CC(=O)N(Cc1ccc(C(F)(F)F)cc1)c1ncc(C)cc1C(=O)OC. The molecule has 0 spiro atoms. The predicted octanol–water partition coefficient (Wildman–Crippen LogP) is 3.68. The number of rotatable bonds is 7. The van der Waals surface area contributed by atoms with Crippen LogP contribution in [0.25, 0.3) is 0 Å². The number of aromatic nitrogens is 1. The number of halogens is 3. The van der Waals surface area contributed by atoms with Gasteiger partial charge in [0.05, 0.1) is 25.8 Å². The first kappa shape index (κ1) is 23.8. The second-order valence-electron chi connectivity index (χ2n) is 6.53. The van der Waals surface area contributed by atoms with Gasteiger partial charge in [-0.1, -0.05) is 12.1 Å². The number of esters is 2. The standard InChI is InChI=1S/C21H21F3N2O5/c1-4-31-18(28)10-17(27)26(12-14-5-7-15(8-6-14)21(22,23)24)19-16(20(29)30-3)9-13(2)11-25-19/h5-9,11H,4,10,12H2,1-3H3. The average molecular weight is 438 g/mol. The minimum atomic E-state index is -4.51. The number of alkyl halides is 3. The minimum absolute atomic E-state index is 0.0216. The number of hydrogen-bond donors (Lipinski definition) is 0. The Morgan fingerprint density at radius 3 is 2.32 bits per heavy atom. The number of ether oxygens (including phenoxy) is 2. The lowest BCUT2D eigenvalue weighted by molar-refractivity contribution is -0.145. The molecule has 31 heavy (non-hydrogen) atoms. The number of aryl methyl sites for hydroxylation is 1. The largest absolute Gasteiger partial charge is 0.466 e. The number of benzene rings is 1. The first-order chi connectivity index (χ1) is 14.6. The maximum Gasteiger partial charge on any atom is 0.416 e. The Hall–Kier alpha value is -3.43.